The van der Waals surface area contributed by atoms with Crippen molar-refractivity contribution in [2.24, 2.45) is 22.7 Å². The molecular weight excluding hydrogens is 1080 g/mol. The van der Waals surface area contributed by atoms with Gasteiger partial charge in [0.1, 0.15) is 29.5 Å². The van der Waals surface area contributed by atoms with Gasteiger partial charge in [-0.15, -0.1) is 11.3 Å². The summed E-state index contributed by atoms with van der Waals surface area (Å²) in [6.45, 7) is 12.8. The molecule has 5 aromatic rings. The molecule has 6 aliphatic heterocycles. The maximum Gasteiger partial charge on any atom is 0.243 e. The van der Waals surface area contributed by atoms with Crippen molar-refractivity contribution >= 4 is 51.9 Å². The van der Waals surface area contributed by atoms with Crippen LogP contribution in [0.15, 0.2) is 99.8 Å². The third-order valence-corrected chi connectivity index (χ3v) is 19.6. The van der Waals surface area contributed by atoms with E-state index in [2.05, 4.69) is 41.3 Å². The molecule has 444 valence electrons. The fourth-order valence-electron chi connectivity index (χ4n) is 14.0. The summed E-state index contributed by atoms with van der Waals surface area (Å²) in [4.78, 5) is 47.4. The highest BCUT2D eigenvalue weighted by molar-refractivity contribution is 7.13. The summed E-state index contributed by atoms with van der Waals surface area (Å²) in [5.41, 5.74) is 13.2. The lowest BCUT2D eigenvalue weighted by Gasteiger charge is -2.43. The Morgan fingerprint density at radius 2 is 1.63 bits per heavy atom. The fourth-order valence-corrected chi connectivity index (χ4v) is 14.8. The van der Waals surface area contributed by atoms with Gasteiger partial charge in [0.25, 0.3) is 0 Å². The number of carbonyl (C=O) groups is 2. The number of phenolic OH excluding ortho intramolecular Hbond substituents is 1. The lowest BCUT2D eigenvalue weighted by atomic mass is 9.91. The van der Waals surface area contributed by atoms with Gasteiger partial charge in [0.05, 0.1) is 69.8 Å². The SMILES string of the molecule is Cc1ncsc1-c1ccc([C@H](C)NC(=O)[C@@H]2C[C@@H](O)CN2C(=O)C(c2cc(N3CCC(CN4CCC(OC5CC(Oc6ccc(N7C8CCC7CC(N7N=C(N)C(=N)/C7=C\C(=N)c7ccccc7O)C8)cn6)C5)CC4)CC3)no2)C(C)C)cc1. The van der Waals surface area contributed by atoms with Crippen LogP contribution in [0.2, 0.25) is 0 Å². The number of anilines is 2. The Balaban J connectivity index is 0.554. The molecule has 2 bridgehead atoms. The van der Waals surface area contributed by atoms with E-state index in [0.717, 1.165) is 130 Å². The summed E-state index contributed by atoms with van der Waals surface area (Å²) in [5.74, 6) is 1.26. The number of hydrogen-bond acceptors (Lipinski definition) is 19. The molecule has 20 nitrogen and oxygen atoms in total. The first-order chi connectivity index (χ1) is 40.6. The molecule has 3 aromatic heterocycles. The number of para-hydroxylation sites is 1. The zero-order valence-corrected chi connectivity index (χ0v) is 49.3. The second-order valence-corrected chi connectivity index (χ2v) is 25.5. The summed E-state index contributed by atoms with van der Waals surface area (Å²) >= 11 is 1.60. The molecule has 3 unspecified atom stereocenters. The van der Waals surface area contributed by atoms with E-state index in [9.17, 15) is 19.8 Å². The standard InChI is InChI=1S/C63H79N13O7S/c1-36(2)58(63(80)74-34-46(77)27-53(74)62(79)69-37(3)40-9-11-41(12-10-40)60-38(4)68-35-84-60)55-31-56(71-83-55)73-23-17-39(18-24-73)33-72-21-19-47(20-22-72)81-48-28-49(29-48)82-57-16-15-44(32-67-57)75-42-13-14-43(75)26-45(25-42)76-52(59(65)61(66)70-76)30-51(64)50-7-5-6-8-54(50)78/h5-12,15-16,30-32,35-37,39,42-43,45-49,53,58,64-65,77-78H,13-14,17-29,33-34H2,1-4H3,(H2,66,70)(H,69,79)/b52-30+,64-51?,65-59?/t37-,42?,43?,45?,46+,48?,49?,53-,58?/m0/s1. The topological polar surface area (TPSA) is 259 Å². The number of aliphatic hydroxyl groups excluding tert-OH is 1. The highest BCUT2D eigenvalue weighted by Crippen LogP contribution is 2.43. The van der Waals surface area contributed by atoms with Gasteiger partial charge in [-0.05, 0) is 112 Å². The van der Waals surface area contributed by atoms with Crippen molar-refractivity contribution in [1.82, 2.24) is 35.3 Å². The Kier molecular flexibility index (Phi) is 16.6. The second-order valence-electron chi connectivity index (χ2n) is 24.7. The van der Waals surface area contributed by atoms with Crippen molar-refractivity contribution in [2.45, 2.75) is 159 Å². The minimum absolute atomic E-state index is 0.0166. The molecule has 0 spiro atoms. The Hall–Kier alpha value is -7.20. The smallest absolute Gasteiger partial charge is 0.243 e. The maximum absolute atomic E-state index is 14.4. The molecule has 84 heavy (non-hydrogen) atoms. The van der Waals surface area contributed by atoms with Crippen LogP contribution in [0.3, 0.4) is 0 Å². The minimum Gasteiger partial charge on any atom is -0.507 e. The number of allylic oxidation sites excluding steroid dienone is 1. The minimum atomic E-state index is -0.806. The summed E-state index contributed by atoms with van der Waals surface area (Å²) in [7, 11) is 0. The number of aryl methyl sites for hydroxylation is 1. The number of amidine groups is 1. The third kappa shape index (κ3) is 12.1. The number of rotatable bonds is 18. The van der Waals surface area contributed by atoms with E-state index in [1.165, 1.54) is 4.90 Å². The molecule has 7 N–H and O–H groups in total. The summed E-state index contributed by atoms with van der Waals surface area (Å²) in [6.07, 6.45) is 13.0. The molecule has 2 aromatic carbocycles. The average molecular weight is 1160 g/mol. The second kappa shape index (κ2) is 24.4. The van der Waals surface area contributed by atoms with Crippen molar-refractivity contribution in [3.63, 3.8) is 0 Å². The number of ether oxygens (including phenoxy) is 2. The molecule has 21 heteroatoms. The first-order valence-corrected chi connectivity index (χ1v) is 31.1. The quantitative estimate of drug-likeness (QED) is 0.0453. The number of β-amino-alcohol motifs (C(OH)–C–C–N with tert-alkyl or cyclic N) is 1. The number of hydrogen-bond donors (Lipinski definition) is 6. The Morgan fingerprint density at radius 3 is 2.31 bits per heavy atom. The molecule has 6 atom stereocenters. The van der Waals surface area contributed by atoms with Gasteiger partial charge in [-0.3, -0.25) is 20.0 Å². The van der Waals surface area contributed by atoms with Crippen LogP contribution in [-0.4, -0.2) is 157 Å². The molecule has 6 fully saturated rings. The molecule has 1 saturated carbocycles. The third-order valence-electron chi connectivity index (χ3n) is 18.6. The van der Waals surface area contributed by atoms with Crippen LogP contribution >= 0.6 is 11.3 Å². The number of benzene rings is 2. The van der Waals surface area contributed by atoms with E-state index in [1.807, 2.05) is 80.8 Å². The van der Waals surface area contributed by atoms with Gasteiger partial charge in [-0.25, -0.2) is 9.97 Å². The average Bonchev–Trinajstić information content (AvgIpc) is 2.84. The van der Waals surface area contributed by atoms with E-state index in [0.29, 0.717) is 28.8 Å². The van der Waals surface area contributed by atoms with Gasteiger partial charge >= 0.3 is 0 Å². The molecule has 9 heterocycles. The summed E-state index contributed by atoms with van der Waals surface area (Å²) in [6, 6.07) is 20.3. The summed E-state index contributed by atoms with van der Waals surface area (Å²) in [5, 5.41) is 52.6. The highest BCUT2D eigenvalue weighted by Gasteiger charge is 2.47. The highest BCUT2D eigenvalue weighted by atomic mass is 32.1. The van der Waals surface area contributed by atoms with Crippen molar-refractivity contribution in [3.05, 3.63) is 113 Å². The van der Waals surface area contributed by atoms with Gasteiger partial charge in [-0.2, -0.15) is 5.10 Å². The van der Waals surface area contributed by atoms with Crippen molar-refractivity contribution in [2.75, 3.05) is 49.1 Å². The number of nitrogens with two attached hydrogens (primary N) is 1. The van der Waals surface area contributed by atoms with E-state index >= 15 is 0 Å². The van der Waals surface area contributed by atoms with Crippen LogP contribution in [0.4, 0.5) is 11.5 Å². The zero-order chi connectivity index (χ0) is 58.3. The predicted molar refractivity (Wildman–Crippen MR) is 323 cm³/mol. The number of hydrazone groups is 1. The van der Waals surface area contributed by atoms with Gasteiger partial charge < -0.3 is 60.3 Å². The Bertz CT molecular complexity index is 3240. The number of amides is 2. The van der Waals surface area contributed by atoms with Crippen molar-refractivity contribution in [3.8, 4) is 22.1 Å². The number of thiazole rings is 1. The first kappa shape index (κ1) is 57.2. The molecule has 12 rings (SSSR count). The van der Waals surface area contributed by atoms with Crippen molar-refractivity contribution in [1.29, 1.82) is 10.8 Å². The van der Waals surface area contributed by atoms with E-state index in [-0.39, 0.29) is 96.2 Å². The molecule has 5 saturated heterocycles. The van der Waals surface area contributed by atoms with E-state index in [4.69, 9.17) is 35.5 Å². The molecule has 7 aliphatic rings. The number of phenols is 1. The van der Waals surface area contributed by atoms with E-state index in [1.54, 1.807) is 41.7 Å². The van der Waals surface area contributed by atoms with Crippen LogP contribution in [-0.2, 0) is 14.3 Å². The van der Waals surface area contributed by atoms with E-state index < -0.39 is 18.1 Å². The number of aliphatic hydroxyl groups is 1. The number of aromatic nitrogens is 3. The number of nitrogens with one attached hydrogen (secondary N) is 3. The normalized spacial score (nSPS) is 26.2. The van der Waals surface area contributed by atoms with Crippen LogP contribution in [0.25, 0.3) is 10.4 Å². The van der Waals surface area contributed by atoms with Crippen molar-refractivity contribution < 1.29 is 33.8 Å². The number of carbonyl (C=O) groups excluding carboxylic acids is 2. The van der Waals surface area contributed by atoms with Crippen LogP contribution in [0.1, 0.15) is 126 Å². The lowest BCUT2D eigenvalue weighted by molar-refractivity contribution is -0.141. The monoisotopic (exact) mass is 1160 g/mol. The largest absolute Gasteiger partial charge is 0.507 e. The van der Waals surface area contributed by atoms with Crippen LogP contribution in [0.5, 0.6) is 11.6 Å². The zero-order valence-electron chi connectivity index (χ0n) is 48.5. The number of likely N-dealkylation sites (tertiary alicyclic amines) is 2. The Labute approximate surface area is 495 Å². The molecule has 2 amide bonds. The van der Waals surface area contributed by atoms with Gasteiger partial charge in [0.15, 0.2) is 17.4 Å². The van der Waals surface area contributed by atoms with Gasteiger partial charge in [-0.1, -0.05) is 55.4 Å². The van der Waals surface area contributed by atoms with Gasteiger partial charge in [0.2, 0.25) is 17.7 Å². The van der Waals surface area contributed by atoms with Gasteiger partial charge in [0, 0.05) is 88.3 Å². The maximum atomic E-state index is 14.4. The lowest BCUT2D eigenvalue weighted by Crippen LogP contribution is -2.49. The number of aromatic hydroxyl groups is 1. The number of fused-ring (bicyclic) bond motifs is 2. The Morgan fingerprint density at radius 1 is 0.893 bits per heavy atom. The van der Waals surface area contributed by atoms with Crippen LogP contribution in [0, 0.1) is 29.6 Å². The summed E-state index contributed by atoms with van der Waals surface area (Å²) < 4.78 is 18.9. The molecule has 1 aliphatic carbocycles. The number of nitrogens with zero attached hydrogens (tertiary/aromatic N) is 9. The molecular formula is C63H79N13O7S. The number of pyridine rings is 1. The fraction of sp³-hybridized carbons (Fsp3) is 0.524. The number of piperidine rings is 3. The first-order valence-electron chi connectivity index (χ1n) is 30.2. The van der Waals surface area contributed by atoms with Crippen LogP contribution < -0.4 is 25.6 Å². The predicted octanol–water partition coefficient (Wildman–Crippen LogP) is 8.15. The molecule has 0 radical (unpaired) electrons.